The van der Waals surface area contributed by atoms with Gasteiger partial charge in [0, 0.05) is 7.05 Å². The Balaban J connectivity index is 2.13. The maximum absolute atomic E-state index is 11.8. The monoisotopic (exact) mass is 222 g/mol. The van der Waals surface area contributed by atoms with Crippen molar-refractivity contribution in [3.05, 3.63) is 12.0 Å². The first-order chi connectivity index (χ1) is 7.56. The van der Waals surface area contributed by atoms with Crippen molar-refractivity contribution < 1.29 is 19.1 Å². The maximum Gasteiger partial charge on any atom is 0.374 e. The smallest absolute Gasteiger partial charge is 0.374 e. The highest BCUT2D eigenvalue weighted by Gasteiger charge is 2.57. The predicted molar refractivity (Wildman–Crippen MR) is 54.7 cm³/mol. The number of nitrogens with zero attached hydrogens (tertiary/aromatic N) is 1. The van der Waals surface area contributed by atoms with Crippen LogP contribution in [-0.4, -0.2) is 29.6 Å². The molecule has 1 aliphatic carbocycles. The summed E-state index contributed by atoms with van der Waals surface area (Å²) in [7, 11) is 1.78. The number of fused-ring (bicyclic) bond motifs is 1. The lowest BCUT2D eigenvalue weighted by Gasteiger charge is -2.33. The second kappa shape index (κ2) is 2.58. The van der Waals surface area contributed by atoms with Gasteiger partial charge in [0.25, 0.3) is 0 Å². The fourth-order valence-electron chi connectivity index (χ4n) is 2.17. The van der Waals surface area contributed by atoms with Crippen LogP contribution in [0.5, 0.6) is 0 Å². The molecule has 1 amide bonds. The number of furan rings is 1. The van der Waals surface area contributed by atoms with E-state index < -0.39 is 11.5 Å². The van der Waals surface area contributed by atoms with Crippen molar-refractivity contribution in [3.8, 4) is 0 Å². The minimum atomic E-state index is -1.18. The van der Waals surface area contributed by atoms with E-state index in [4.69, 9.17) is 9.52 Å². The van der Waals surface area contributed by atoms with E-state index in [9.17, 15) is 9.59 Å². The third-order valence-electron chi connectivity index (χ3n) is 3.35. The molecule has 3 rings (SSSR count). The van der Waals surface area contributed by atoms with Crippen LogP contribution in [0.4, 0.5) is 11.4 Å². The molecule has 0 unspecified atom stereocenters. The number of carboxylic acids is 1. The van der Waals surface area contributed by atoms with Crippen LogP contribution in [0.15, 0.2) is 10.7 Å². The van der Waals surface area contributed by atoms with Gasteiger partial charge in [0.15, 0.2) is 0 Å². The number of anilines is 2. The molecule has 2 aliphatic rings. The van der Waals surface area contributed by atoms with E-state index in [2.05, 4.69) is 5.32 Å². The largest absolute Gasteiger partial charge is 0.475 e. The third kappa shape index (κ3) is 0.911. The minimum Gasteiger partial charge on any atom is -0.475 e. The summed E-state index contributed by atoms with van der Waals surface area (Å²) < 4.78 is 4.96. The molecule has 6 nitrogen and oxygen atoms in total. The van der Waals surface area contributed by atoms with Gasteiger partial charge in [0.2, 0.25) is 11.7 Å². The van der Waals surface area contributed by atoms with Gasteiger partial charge in [-0.25, -0.2) is 4.79 Å². The van der Waals surface area contributed by atoms with Gasteiger partial charge in [-0.3, -0.25) is 4.79 Å². The first-order valence-electron chi connectivity index (χ1n) is 4.96. The van der Waals surface area contributed by atoms with E-state index in [0.717, 1.165) is 12.8 Å². The number of carboxylic acid groups (broad SMARTS) is 1. The average Bonchev–Trinajstić information content (AvgIpc) is 2.91. The Hall–Kier alpha value is -1.98. The van der Waals surface area contributed by atoms with Crippen LogP contribution in [0.3, 0.4) is 0 Å². The molecule has 6 heteroatoms. The molecular weight excluding hydrogens is 212 g/mol. The quantitative estimate of drug-likeness (QED) is 0.737. The molecule has 1 fully saturated rings. The zero-order valence-corrected chi connectivity index (χ0v) is 8.61. The van der Waals surface area contributed by atoms with Crippen molar-refractivity contribution in [1.29, 1.82) is 0 Å². The lowest BCUT2D eigenvalue weighted by molar-refractivity contribution is -0.118. The molecule has 0 atom stereocenters. The van der Waals surface area contributed by atoms with Crippen molar-refractivity contribution in [3.63, 3.8) is 0 Å². The van der Waals surface area contributed by atoms with Crippen LogP contribution in [-0.2, 0) is 4.79 Å². The number of carbonyl (C=O) groups is 2. The van der Waals surface area contributed by atoms with E-state index in [0.29, 0.717) is 5.69 Å². The Morgan fingerprint density at radius 2 is 2.31 bits per heavy atom. The van der Waals surface area contributed by atoms with E-state index in [-0.39, 0.29) is 17.4 Å². The third-order valence-corrected chi connectivity index (χ3v) is 3.35. The molecule has 1 aromatic heterocycles. The zero-order valence-electron chi connectivity index (χ0n) is 8.61. The lowest BCUT2D eigenvalue weighted by Crippen LogP contribution is -2.48. The van der Waals surface area contributed by atoms with Gasteiger partial charge in [0.05, 0.1) is 0 Å². The van der Waals surface area contributed by atoms with Crippen LogP contribution in [0, 0.1) is 0 Å². The number of hydrogen-bond acceptors (Lipinski definition) is 4. The van der Waals surface area contributed by atoms with E-state index in [1.54, 1.807) is 11.9 Å². The SMILES string of the molecule is CN1c2coc(C(=O)O)c2NC(=O)C12CC2. The highest BCUT2D eigenvalue weighted by Crippen LogP contribution is 2.50. The highest BCUT2D eigenvalue weighted by atomic mass is 16.4. The van der Waals surface area contributed by atoms with Gasteiger partial charge in [0.1, 0.15) is 23.2 Å². The van der Waals surface area contributed by atoms with Gasteiger partial charge in [-0.1, -0.05) is 0 Å². The summed E-state index contributed by atoms with van der Waals surface area (Å²) in [5.41, 5.74) is 0.416. The summed E-state index contributed by atoms with van der Waals surface area (Å²) in [6.07, 6.45) is 2.96. The minimum absolute atomic E-state index is 0.147. The molecule has 84 valence electrons. The van der Waals surface area contributed by atoms with E-state index >= 15 is 0 Å². The van der Waals surface area contributed by atoms with Gasteiger partial charge >= 0.3 is 5.97 Å². The van der Waals surface area contributed by atoms with Crippen LogP contribution >= 0.6 is 0 Å². The Bertz CT molecular complexity index is 501. The van der Waals surface area contributed by atoms with Crippen molar-refractivity contribution >= 4 is 23.3 Å². The summed E-state index contributed by atoms with van der Waals surface area (Å²) in [5, 5.41) is 11.5. The van der Waals surface area contributed by atoms with E-state index in [1.165, 1.54) is 6.26 Å². The normalized spacial score (nSPS) is 20.6. The van der Waals surface area contributed by atoms with Crippen LogP contribution in [0.25, 0.3) is 0 Å². The number of carbonyl (C=O) groups excluding carboxylic acids is 1. The van der Waals surface area contributed by atoms with Gasteiger partial charge < -0.3 is 19.7 Å². The molecule has 1 aliphatic heterocycles. The lowest BCUT2D eigenvalue weighted by atomic mass is 10.1. The summed E-state index contributed by atoms with van der Waals surface area (Å²) in [6, 6.07) is 0. The molecular formula is C10H10N2O4. The molecule has 1 aromatic rings. The molecule has 1 spiro atoms. The highest BCUT2D eigenvalue weighted by molar-refractivity contribution is 6.12. The topological polar surface area (TPSA) is 82.8 Å². The standard InChI is InChI=1S/C10H10N2O4/c1-12-5-4-16-7(8(13)14)6(5)11-9(15)10(12)2-3-10/h4H,2-3H2,1H3,(H,11,15)(H,13,14). The number of hydrogen-bond donors (Lipinski definition) is 2. The average molecular weight is 222 g/mol. The van der Waals surface area contributed by atoms with Gasteiger partial charge in [-0.2, -0.15) is 0 Å². The first-order valence-corrected chi connectivity index (χ1v) is 4.96. The predicted octanol–water partition coefficient (Wildman–Crippen LogP) is 0.899. The van der Waals surface area contributed by atoms with Crippen LogP contribution < -0.4 is 10.2 Å². The summed E-state index contributed by atoms with van der Waals surface area (Å²) >= 11 is 0. The molecule has 0 saturated heterocycles. The molecule has 0 bridgehead atoms. The second-order valence-corrected chi connectivity index (χ2v) is 4.17. The fourth-order valence-corrected chi connectivity index (χ4v) is 2.17. The van der Waals surface area contributed by atoms with Gasteiger partial charge in [-0.05, 0) is 12.8 Å². The first kappa shape index (κ1) is 9.26. The van der Waals surface area contributed by atoms with Crippen molar-refractivity contribution in [2.24, 2.45) is 0 Å². The summed E-state index contributed by atoms with van der Waals surface area (Å²) in [4.78, 5) is 24.5. The molecule has 0 aromatic carbocycles. The molecule has 1 saturated carbocycles. The maximum atomic E-state index is 11.8. The Kier molecular flexibility index (Phi) is 1.49. The molecule has 2 N–H and O–H groups in total. The van der Waals surface area contributed by atoms with Crippen molar-refractivity contribution in [2.45, 2.75) is 18.4 Å². The van der Waals surface area contributed by atoms with Crippen LogP contribution in [0.2, 0.25) is 0 Å². The summed E-state index contributed by atoms with van der Waals surface area (Å²) in [5.74, 6) is -1.54. The summed E-state index contributed by atoms with van der Waals surface area (Å²) in [6.45, 7) is 0. The van der Waals surface area contributed by atoms with Crippen molar-refractivity contribution in [2.75, 3.05) is 17.3 Å². The fraction of sp³-hybridized carbons (Fsp3) is 0.400. The Morgan fingerprint density at radius 1 is 1.62 bits per heavy atom. The van der Waals surface area contributed by atoms with Gasteiger partial charge in [-0.15, -0.1) is 0 Å². The number of aromatic carboxylic acids is 1. The second-order valence-electron chi connectivity index (χ2n) is 4.17. The number of amides is 1. The molecule has 0 radical (unpaired) electrons. The van der Waals surface area contributed by atoms with E-state index in [1.807, 2.05) is 0 Å². The number of likely N-dealkylation sites (N-methyl/N-ethyl adjacent to an activating group) is 1. The molecule has 2 heterocycles. The van der Waals surface area contributed by atoms with Crippen LogP contribution in [0.1, 0.15) is 23.4 Å². The molecule has 16 heavy (non-hydrogen) atoms. The number of rotatable bonds is 1. The van der Waals surface area contributed by atoms with Crippen molar-refractivity contribution in [1.82, 2.24) is 0 Å². The zero-order chi connectivity index (χ0) is 11.5. The Morgan fingerprint density at radius 3 is 2.88 bits per heavy atom. The number of nitrogens with one attached hydrogen (secondary N) is 1. The Labute approximate surface area is 90.8 Å².